The number of rotatable bonds is 3. The van der Waals surface area contributed by atoms with E-state index in [9.17, 15) is 4.79 Å². The first-order valence-electron chi connectivity index (χ1n) is 6.53. The van der Waals surface area contributed by atoms with Gasteiger partial charge in [0.15, 0.2) is 0 Å². The molecular weight excluding hydrogens is 318 g/mol. The number of hydrogen-bond donors (Lipinski definition) is 1. The van der Waals surface area contributed by atoms with Gasteiger partial charge >= 0.3 is 6.03 Å². The lowest BCUT2D eigenvalue weighted by Crippen LogP contribution is -2.40. The van der Waals surface area contributed by atoms with E-state index in [0.717, 1.165) is 20.9 Å². The van der Waals surface area contributed by atoms with Crippen LogP contribution in [0, 0.1) is 0 Å². The van der Waals surface area contributed by atoms with Gasteiger partial charge in [-0.3, -0.25) is 4.98 Å². The zero-order chi connectivity index (χ0) is 14.7. The first kappa shape index (κ1) is 14.8. The number of nitrogens with one attached hydrogen (secondary N) is 1. The molecule has 5 heteroatoms. The molecule has 0 bridgehead atoms. The van der Waals surface area contributed by atoms with Crippen LogP contribution in [0.3, 0.4) is 0 Å². The van der Waals surface area contributed by atoms with E-state index in [1.165, 1.54) is 0 Å². The number of halogens is 1. The molecule has 0 aliphatic carbocycles. The molecule has 0 atom stereocenters. The topological polar surface area (TPSA) is 45.2 Å². The maximum atomic E-state index is 11.9. The number of carbonyl (C=O) groups excluding carboxylic acids is 1. The molecule has 1 N–H and O–H groups in total. The smallest absolute Gasteiger partial charge is 0.317 e. The van der Waals surface area contributed by atoms with Gasteiger partial charge in [-0.2, -0.15) is 0 Å². The van der Waals surface area contributed by atoms with Gasteiger partial charge in [0.25, 0.3) is 0 Å². The van der Waals surface area contributed by atoms with Crippen LogP contribution in [-0.4, -0.2) is 29.0 Å². The highest BCUT2D eigenvalue weighted by Gasteiger charge is 2.12. The van der Waals surface area contributed by atoms with Crippen LogP contribution in [0.4, 0.5) is 4.79 Å². The second-order valence-corrected chi connectivity index (χ2v) is 5.86. The summed E-state index contributed by atoms with van der Waals surface area (Å²) >= 11 is 3.53. The molecule has 2 aromatic rings. The highest BCUT2D eigenvalue weighted by atomic mass is 79.9. The van der Waals surface area contributed by atoms with Crippen molar-refractivity contribution in [1.29, 1.82) is 0 Å². The second kappa shape index (κ2) is 6.22. The fourth-order valence-corrected chi connectivity index (χ4v) is 2.28. The minimum Gasteiger partial charge on any atom is -0.334 e. The fourth-order valence-electron chi connectivity index (χ4n) is 1.81. The summed E-state index contributed by atoms with van der Waals surface area (Å²) in [6, 6.07) is 8.05. The minimum absolute atomic E-state index is 0.0711. The molecular formula is C15H18BrN3O. The number of urea groups is 1. The molecule has 1 aromatic heterocycles. The van der Waals surface area contributed by atoms with Crippen molar-refractivity contribution in [3.05, 3.63) is 40.5 Å². The van der Waals surface area contributed by atoms with Gasteiger partial charge in [-0.05, 0) is 37.6 Å². The normalized spacial score (nSPS) is 10.8. The summed E-state index contributed by atoms with van der Waals surface area (Å²) in [6.45, 7) is 4.45. The molecule has 0 aliphatic heterocycles. The van der Waals surface area contributed by atoms with Crippen LogP contribution in [0.2, 0.25) is 0 Å². The van der Waals surface area contributed by atoms with Crippen LogP contribution >= 0.6 is 15.9 Å². The number of carbonyl (C=O) groups is 1. The van der Waals surface area contributed by atoms with E-state index < -0.39 is 0 Å². The van der Waals surface area contributed by atoms with Crippen LogP contribution < -0.4 is 5.32 Å². The molecule has 20 heavy (non-hydrogen) atoms. The van der Waals surface area contributed by atoms with Gasteiger partial charge in [0.1, 0.15) is 0 Å². The van der Waals surface area contributed by atoms with E-state index in [4.69, 9.17) is 0 Å². The third kappa shape index (κ3) is 3.28. The molecule has 0 saturated heterocycles. The van der Waals surface area contributed by atoms with Crippen molar-refractivity contribution in [3.63, 3.8) is 0 Å². The van der Waals surface area contributed by atoms with Gasteiger partial charge in [-0.1, -0.05) is 22.0 Å². The zero-order valence-electron chi connectivity index (χ0n) is 11.9. The Bertz CT molecular complexity index is 628. The zero-order valence-corrected chi connectivity index (χ0v) is 13.4. The Hall–Kier alpha value is -1.62. The van der Waals surface area contributed by atoms with Crippen molar-refractivity contribution in [2.75, 3.05) is 7.05 Å². The van der Waals surface area contributed by atoms with Gasteiger partial charge in [-0.15, -0.1) is 0 Å². The SMILES string of the molecule is CC(C)N(C)C(=O)NCc1cc2cccnc2cc1Br. The lowest BCUT2D eigenvalue weighted by atomic mass is 10.1. The third-order valence-corrected chi connectivity index (χ3v) is 4.03. The standard InChI is InChI=1S/C15H18BrN3O/c1-10(2)19(3)15(20)18-9-12-7-11-5-4-6-17-14(11)8-13(12)16/h4-8,10H,9H2,1-3H3,(H,18,20). The Labute approximate surface area is 127 Å². The summed E-state index contributed by atoms with van der Waals surface area (Å²) in [7, 11) is 1.79. The van der Waals surface area contributed by atoms with Crippen molar-refractivity contribution < 1.29 is 4.79 Å². The van der Waals surface area contributed by atoms with Crippen molar-refractivity contribution in [3.8, 4) is 0 Å². The number of hydrogen-bond acceptors (Lipinski definition) is 2. The Balaban J connectivity index is 2.14. The summed E-state index contributed by atoms with van der Waals surface area (Å²) in [5.74, 6) is 0. The fraction of sp³-hybridized carbons (Fsp3) is 0.333. The number of benzene rings is 1. The molecule has 1 heterocycles. The van der Waals surface area contributed by atoms with E-state index in [0.29, 0.717) is 6.54 Å². The summed E-state index contributed by atoms with van der Waals surface area (Å²) in [5, 5.41) is 3.99. The molecule has 4 nitrogen and oxygen atoms in total. The molecule has 0 radical (unpaired) electrons. The van der Waals surface area contributed by atoms with Crippen LogP contribution in [0.15, 0.2) is 34.9 Å². The maximum absolute atomic E-state index is 11.9. The molecule has 0 unspecified atom stereocenters. The summed E-state index contributed by atoms with van der Waals surface area (Å²) in [5.41, 5.74) is 1.98. The molecule has 0 fully saturated rings. The van der Waals surface area contributed by atoms with Crippen molar-refractivity contribution in [2.45, 2.75) is 26.4 Å². The third-order valence-electron chi connectivity index (χ3n) is 3.30. The van der Waals surface area contributed by atoms with Crippen LogP contribution in [0.1, 0.15) is 19.4 Å². The Morgan fingerprint density at radius 2 is 2.20 bits per heavy atom. The number of fused-ring (bicyclic) bond motifs is 1. The van der Waals surface area contributed by atoms with Gasteiger partial charge in [0.2, 0.25) is 0 Å². The van der Waals surface area contributed by atoms with Crippen LogP contribution in [0.25, 0.3) is 10.9 Å². The predicted molar refractivity (Wildman–Crippen MR) is 84.6 cm³/mol. The van der Waals surface area contributed by atoms with Crippen molar-refractivity contribution in [1.82, 2.24) is 15.2 Å². The van der Waals surface area contributed by atoms with Gasteiger partial charge in [0.05, 0.1) is 5.52 Å². The Kier molecular flexibility index (Phi) is 4.60. The van der Waals surface area contributed by atoms with E-state index in [1.54, 1.807) is 18.1 Å². The van der Waals surface area contributed by atoms with Crippen molar-refractivity contribution >= 4 is 32.9 Å². The molecule has 2 amide bonds. The second-order valence-electron chi connectivity index (χ2n) is 5.00. The van der Waals surface area contributed by atoms with Gasteiger partial charge < -0.3 is 10.2 Å². The van der Waals surface area contributed by atoms with Crippen LogP contribution in [-0.2, 0) is 6.54 Å². The molecule has 0 spiro atoms. The first-order chi connectivity index (χ1) is 9.49. The minimum atomic E-state index is -0.0711. The molecule has 106 valence electrons. The van der Waals surface area contributed by atoms with E-state index in [1.807, 2.05) is 38.1 Å². The van der Waals surface area contributed by atoms with E-state index in [-0.39, 0.29) is 12.1 Å². The highest BCUT2D eigenvalue weighted by Crippen LogP contribution is 2.23. The summed E-state index contributed by atoms with van der Waals surface area (Å²) in [6.07, 6.45) is 1.77. The van der Waals surface area contributed by atoms with Gasteiger partial charge in [-0.25, -0.2) is 4.79 Å². The average molecular weight is 336 g/mol. The monoisotopic (exact) mass is 335 g/mol. The summed E-state index contributed by atoms with van der Waals surface area (Å²) in [4.78, 5) is 17.9. The summed E-state index contributed by atoms with van der Waals surface area (Å²) < 4.78 is 0.955. The molecule has 0 saturated carbocycles. The van der Waals surface area contributed by atoms with Crippen molar-refractivity contribution in [2.24, 2.45) is 0 Å². The largest absolute Gasteiger partial charge is 0.334 e. The average Bonchev–Trinajstić information content (AvgIpc) is 2.43. The van der Waals surface area contributed by atoms with Gasteiger partial charge in [0, 0.05) is 35.7 Å². The lowest BCUT2D eigenvalue weighted by molar-refractivity contribution is 0.197. The first-order valence-corrected chi connectivity index (χ1v) is 7.32. The molecule has 1 aromatic carbocycles. The van der Waals surface area contributed by atoms with E-state index >= 15 is 0 Å². The molecule has 0 aliphatic rings. The number of pyridine rings is 1. The predicted octanol–water partition coefficient (Wildman–Crippen LogP) is 3.55. The maximum Gasteiger partial charge on any atom is 0.317 e. The molecule has 2 rings (SSSR count). The highest BCUT2D eigenvalue weighted by molar-refractivity contribution is 9.10. The lowest BCUT2D eigenvalue weighted by Gasteiger charge is -2.22. The van der Waals surface area contributed by atoms with Crippen LogP contribution in [0.5, 0.6) is 0 Å². The Morgan fingerprint density at radius 3 is 2.90 bits per heavy atom. The Morgan fingerprint density at radius 1 is 1.45 bits per heavy atom. The van der Waals surface area contributed by atoms with E-state index in [2.05, 4.69) is 26.2 Å². The number of nitrogens with zero attached hydrogens (tertiary/aromatic N) is 2. The number of amides is 2. The number of aromatic nitrogens is 1. The quantitative estimate of drug-likeness (QED) is 0.932.